The number of hydrogen-bond donors (Lipinski definition) is 2. The molecule has 1 aromatic carbocycles. The van der Waals surface area contributed by atoms with E-state index in [1.165, 1.54) is 0 Å². The van der Waals surface area contributed by atoms with Gasteiger partial charge >= 0.3 is 0 Å². The maximum Gasteiger partial charge on any atom is 0.218 e. The van der Waals surface area contributed by atoms with E-state index in [9.17, 15) is 0 Å². The van der Waals surface area contributed by atoms with Crippen molar-refractivity contribution in [3.63, 3.8) is 0 Å². The number of rotatable bonds is 8. The molecule has 0 spiro atoms. The first-order valence-corrected chi connectivity index (χ1v) is 8.29. The molecular weight excluding hydrogens is 300 g/mol. The molecule has 1 aromatic heterocycles. The molecule has 0 bridgehead atoms. The molecule has 0 aliphatic heterocycles. The maximum atomic E-state index is 5.90. The number of nitrogens with zero attached hydrogens (tertiary/aromatic N) is 2. The van der Waals surface area contributed by atoms with E-state index >= 15 is 0 Å². The summed E-state index contributed by atoms with van der Waals surface area (Å²) in [6.07, 6.45) is 2.78. The monoisotopic (exact) mass is 326 g/mol. The number of aromatic nitrogens is 1. The molecule has 2 rings (SSSR count). The van der Waals surface area contributed by atoms with Crippen LogP contribution in [0.3, 0.4) is 0 Å². The average Bonchev–Trinajstić information content (AvgIpc) is 2.59. The zero-order valence-corrected chi connectivity index (χ0v) is 14.4. The topological polar surface area (TPSA) is 72.5 Å². The van der Waals surface area contributed by atoms with Crippen molar-refractivity contribution in [2.45, 2.75) is 33.4 Å². The van der Waals surface area contributed by atoms with Crippen LogP contribution in [0, 0.1) is 5.92 Å². The molecule has 5 heteroatoms. The third-order valence-electron chi connectivity index (χ3n) is 3.52. The Morgan fingerprint density at radius 2 is 2.00 bits per heavy atom. The molecule has 5 nitrogen and oxygen atoms in total. The van der Waals surface area contributed by atoms with Gasteiger partial charge in [0.25, 0.3) is 0 Å². The Morgan fingerprint density at radius 3 is 2.75 bits per heavy atom. The summed E-state index contributed by atoms with van der Waals surface area (Å²) in [7, 11) is 0. The Bertz CT molecular complexity index is 641. The van der Waals surface area contributed by atoms with Crippen molar-refractivity contribution in [3.8, 4) is 5.88 Å². The summed E-state index contributed by atoms with van der Waals surface area (Å²) in [5.74, 6) is 1.69. The molecule has 0 aliphatic carbocycles. The molecule has 24 heavy (non-hydrogen) atoms. The van der Waals surface area contributed by atoms with Crippen LogP contribution in [0.5, 0.6) is 5.88 Å². The summed E-state index contributed by atoms with van der Waals surface area (Å²) in [5.41, 5.74) is 7.92. The number of nitrogens with one attached hydrogen (secondary N) is 1. The summed E-state index contributed by atoms with van der Waals surface area (Å²) in [5, 5.41) is 3.13. The van der Waals surface area contributed by atoms with Crippen molar-refractivity contribution in [3.05, 3.63) is 59.8 Å². The van der Waals surface area contributed by atoms with Crippen LogP contribution in [0.1, 0.15) is 31.4 Å². The van der Waals surface area contributed by atoms with Crippen LogP contribution < -0.4 is 15.8 Å². The molecule has 2 aromatic rings. The predicted molar refractivity (Wildman–Crippen MR) is 97.8 cm³/mol. The minimum Gasteiger partial charge on any atom is -0.473 e. The molecule has 0 amide bonds. The van der Waals surface area contributed by atoms with E-state index in [0.717, 1.165) is 24.1 Å². The number of aliphatic imine (C=N–C) groups is 1. The quantitative estimate of drug-likeness (QED) is 0.577. The Labute approximate surface area is 144 Å². The van der Waals surface area contributed by atoms with E-state index in [1.54, 1.807) is 6.20 Å². The normalized spacial score (nSPS) is 11.5. The third-order valence-corrected chi connectivity index (χ3v) is 3.52. The molecule has 1 heterocycles. The highest BCUT2D eigenvalue weighted by molar-refractivity contribution is 5.77. The molecule has 0 atom stereocenters. The SMILES string of the molecule is CC(C)CCNC(N)=NCc1cccnc1OCc1ccccc1. The van der Waals surface area contributed by atoms with Gasteiger partial charge in [-0.3, -0.25) is 0 Å². The first-order chi connectivity index (χ1) is 11.6. The van der Waals surface area contributed by atoms with Gasteiger partial charge in [-0.1, -0.05) is 50.2 Å². The fourth-order valence-electron chi connectivity index (χ4n) is 2.12. The van der Waals surface area contributed by atoms with Gasteiger partial charge in [0, 0.05) is 18.3 Å². The van der Waals surface area contributed by atoms with Crippen molar-refractivity contribution in [2.75, 3.05) is 6.54 Å². The zero-order valence-electron chi connectivity index (χ0n) is 14.4. The van der Waals surface area contributed by atoms with E-state index < -0.39 is 0 Å². The number of hydrogen-bond acceptors (Lipinski definition) is 3. The van der Waals surface area contributed by atoms with E-state index in [0.29, 0.717) is 30.9 Å². The second-order valence-corrected chi connectivity index (χ2v) is 6.05. The van der Waals surface area contributed by atoms with E-state index in [-0.39, 0.29) is 0 Å². The summed E-state index contributed by atoms with van der Waals surface area (Å²) >= 11 is 0. The lowest BCUT2D eigenvalue weighted by Gasteiger charge is -2.10. The number of ether oxygens (including phenoxy) is 1. The Morgan fingerprint density at radius 1 is 1.21 bits per heavy atom. The second kappa shape index (κ2) is 9.55. The first-order valence-electron chi connectivity index (χ1n) is 8.29. The number of pyridine rings is 1. The summed E-state index contributed by atoms with van der Waals surface area (Å²) in [6.45, 7) is 6.12. The fourth-order valence-corrected chi connectivity index (χ4v) is 2.12. The lowest BCUT2D eigenvalue weighted by molar-refractivity contribution is 0.290. The van der Waals surface area contributed by atoms with Crippen molar-refractivity contribution >= 4 is 5.96 Å². The lowest BCUT2D eigenvalue weighted by atomic mass is 10.1. The van der Waals surface area contributed by atoms with Gasteiger partial charge in [-0.05, 0) is 24.0 Å². The lowest BCUT2D eigenvalue weighted by Crippen LogP contribution is -2.32. The van der Waals surface area contributed by atoms with Gasteiger partial charge in [-0.15, -0.1) is 0 Å². The minimum atomic E-state index is 0.443. The molecule has 0 saturated carbocycles. The van der Waals surface area contributed by atoms with Crippen LogP contribution in [0.2, 0.25) is 0 Å². The Kier molecular flexibility index (Phi) is 7.08. The van der Waals surface area contributed by atoms with Crippen molar-refractivity contribution in [2.24, 2.45) is 16.6 Å². The molecule has 0 saturated heterocycles. The van der Waals surface area contributed by atoms with Crippen molar-refractivity contribution < 1.29 is 4.74 Å². The summed E-state index contributed by atoms with van der Waals surface area (Å²) < 4.78 is 5.83. The zero-order chi connectivity index (χ0) is 17.2. The number of nitrogens with two attached hydrogens (primary N) is 1. The fraction of sp³-hybridized carbons (Fsp3) is 0.368. The molecule has 128 valence electrons. The Balaban J connectivity index is 1.91. The van der Waals surface area contributed by atoms with Gasteiger partial charge in [0.15, 0.2) is 5.96 Å². The number of guanidine groups is 1. The predicted octanol–water partition coefficient (Wildman–Crippen LogP) is 3.11. The molecule has 0 radical (unpaired) electrons. The maximum absolute atomic E-state index is 5.90. The Hall–Kier alpha value is -2.56. The van der Waals surface area contributed by atoms with E-state index in [4.69, 9.17) is 10.5 Å². The molecule has 3 N–H and O–H groups in total. The van der Waals surface area contributed by atoms with Crippen molar-refractivity contribution in [1.29, 1.82) is 0 Å². The van der Waals surface area contributed by atoms with Crippen LogP contribution in [0.25, 0.3) is 0 Å². The van der Waals surface area contributed by atoms with Crippen LogP contribution in [0.15, 0.2) is 53.7 Å². The minimum absolute atomic E-state index is 0.443. The van der Waals surface area contributed by atoms with Gasteiger partial charge in [0.05, 0.1) is 6.54 Å². The van der Waals surface area contributed by atoms with Gasteiger partial charge in [0.1, 0.15) is 6.61 Å². The standard InChI is InChI=1S/C19H26N4O/c1-15(2)10-12-22-19(20)23-13-17-9-6-11-21-18(17)24-14-16-7-4-3-5-8-16/h3-9,11,15H,10,12-14H2,1-2H3,(H3,20,22,23). The van der Waals surface area contributed by atoms with Crippen LogP contribution in [-0.2, 0) is 13.2 Å². The van der Waals surface area contributed by atoms with Crippen LogP contribution >= 0.6 is 0 Å². The van der Waals surface area contributed by atoms with Crippen molar-refractivity contribution in [1.82, 2.24) is 10.3 Å². The highest BCUT2D eigenvalue weighted by atomic mass is 16.5. The van der Waals surface area contributed by atoms with Gasteiger partial charge in [-0.2, -0.15) is 0 Å². The third kappa shape index (κ3) is 6.28. The highest BCUT2D eigenvalue weighted by Gasteiger charge is 2.05. The van der Waals surface area contributed by atoms with Gasteiger partial charge < -0.3 is 15.8 Å². The van der Waals surface area contributed by atoms with Crippen LogP contribution in [-0.4, -0.2) is 17.5 Å². The highest BCUT2D eigenvalue weighted by Crippen LogP contribution is 2.17. The molecule has 0 fully saturated rings. The molecule has 0 aliphatic rings. The molecule has 0 unspecified atom stereocenters. The molecular formula is C19H26N4O. The van der Waals surface area contributed by atoms with Gasteiger partial charge in [0.2, 0.25) is 5.88 Å². The summed E-state index contributed by atoms with van der Waals surface area (Å²) in [4.78, 5) is 8.67. The van der Waals surface area contributed by atoms with E-state index in [1.807, 2.05) is 42.5 Å². The summed E-state index contributed by atoms with van der Waals surface area (Å²) in [6, 6.07) is 13.9. The second-order valence-electron chi connectivity index (χ2n) is 6.05. The van der Waals surface area contributed by atoms with E-state index in [2.05, 4.69) is 29.1 Å². The first kappa shape index (κ1) is 17.8. The number of benzene rings is 1. The largest absolute Gasteiger partial charge is 0.473 e. The van der Waals surface area contributed by atoms with Gasteiger partial charge in [-0.25, -0.2) is 9.98 Å². The van der Waals surface area contributed by atoms with Crippen LogP contribution in [0.4, 0.5) is 0 Å². The average molecular weight is 326 g/mol. The smallest absolute Gasteiger partial charge is 0.218 e.